The van der Waals surface area contributed by atoms with Crippen LogP contribution in [0.5, 0.6) is 0 Å². The zero-order chi connectivity index (χ0) is 22.9. The molecular weight excluding hydrogens is 420 g/mol. The van der Waals surface area contributed by atoms with Crippen molar-refractivity contribution in [3.05, 3.63) is 0 Å². The summed E-state index contributed by atoms with van der Waals surface area (Å²) in [6.07, 6.45) is 14.8. The second-order valence-corrected chi connectivity index (χ2v) is 16.8. The molecule has 2 atom stereocenters. The van der Waals surface area contributed by atoms with Gasteiger partial charge in [-0.2, -0.15) is 0 Å². The van der Waals surface area contributed by atoms with Crippen molar-refractivity contribution < 1.29 is 18.1 Å². The van der Waals surface area contributed by atoms with E-state index in [1.54, 1.807) is 0 Å². The first-order valence-electron chi connectivity index (χ1n) is 13.3. The lowest BCUT2D eigenvalue weighted by Crippen LogP contribution is -2.56. The molecule has 31 heavy (non-hydrogen) atoms. The Balaban J connectivity index is 2.44. The quantitative estimate of drug-likeness (QED) is 0.275. The number of carbonyl (C=O) groups excluding carboxylic acids is 1. The van der Waals surface area contributed by atoms with Crippen molar-refractivity contribution >= 4 is 23.6 Å². The average Bonchev–Trinajstić information content (AvgIpc) is 2.82. The minimum Gasteiger partial charge on any atom is -0.518 e. The van der Waals surface area contributed by atoms with Gasteiger partial charge in [0.2, 0.25) is 0 Å². The maximum absolute atomic E-state index is 14.1. The molecule has 0 aromatic rings. The van der Waals surface area contributed by atoms with Crippen LogP contribution < -0.4 is 0 Å². The summed E-state index contributed by atoms with van der Waals surface area (Å²) >= 11 is 0. The maximum atomic E-state index is 14.1. The minimum atomic E-state index is -2.32. The summed E-state index contributed by atoms with van der Waals surface area (Å²) in [5.41, 5.74) is 1.76. The molecule has 0 aromatic heterocycles. The van der Waals surface area contributed by atoms with Gasteiger partial charge in [-0.05, 0) is 69.5 Å². The monoisotopic (exact) mass is 469 g/mol. The third-order valence-corrected chi connectivity index (χ3v) is 17.1. The van der Waals surface area contributed by atoms with Gasteiger partial charge in [-0.25, -0.2) is 0 Å². The van der Waals surface area contributed by atoms with E-state index in [2.05, 4.69) is 20.8 Å². The van der Waals surface area contributed by atoms with Crippen LogP contribution in [0.4, 0.5) is 0 Å². The Bertz CT molecular complexity index is 508. The summed E-state index contributed by atoms with van der Waals surface area (Å²) in [6.45, 7) is 14.0. The van der Waals surface area contributed by atoms with E-state index < -0.39 is 22.6 Å². The normalized spacial score (nSPS) is 22.3. The van der Waals surface area contributed by atoms with E-state index in [9.17, 15) is 4.79 Å². The molecule has 0 aromatic carbocycles. The number of hydrogen-bond acceptors (Lipinski definition) is 4. The molecule has 6 heteroatoms. The van der Waals surface area contributed by atoms with E-state index in [4.69, 9.17) is 13.3 Å². The van der Waals surface area contributed by atoms with Crippen LogP contribution in [0.15, 0.2) is 0 Å². The average molecular weight is 470 g/mol. The molecule has 0 amide bonds. The van der Waals surface area contributed by atoms with Crippen LogP contribution in [0.2, 0.25) is 21.7 Å². The van der Waals surface area contributed by atoms with Gasteiger partial charge in [0.1, 0.15) is 5.04 Å². The summed E-state index contributed by atoms with van der Waals surface area (Å²) < 4.78 is 19.2. The molecule has 2 fully saturated rings. The molecule has 4 nitrogen and oxygen atoms in total. The van der Waals surface area contributed by atoms with Crippen LogP contribution in [0.1, 0.15) is 119 Å². The van der Waals surface area contributed by atoms with Crippen molar-refractivity contribution in [3.8, 4) is 0 Å². The Morgan fingerprint density at radius 1 is 0.903 bits per heavy atom. The van der Waals surface area contributed by atoms with Crippen LogP contribution in [0.3, 0.4) is 0 Å². The van der Waals surface area contributed by atoms with Gasteiger partial charge in [-0.15, -0.1) is 0 Å². The first-order valence-corrected chi connectivity index (χ1v) is 16.7. The molecule has 0 N–H and O–H groups in total. The predicted octanol–water partition coefficient (Wildman–Crippen LogP) is 7.68. The first-order chi connectivity index (χ1) is 14.9. The SMILES string of the molecule is CCO[Si](OCC)C(C)(CC)C(=O)O[Si](C(C)CC)(C1CCCCC1)C1CCCCC1. The second-order valence-electron chi connectivity index (χ2n) is 10.1. The molecule has 0 spiro atoms. The lowest BCUT2D eigenvalue weighted by molar-refractivity contribution is -0.140. The maximum Gasteiger partial charge on any atom is 0.402 e. The fraction of sp³-hybridized carbons (Fsp3) is 0.960. The minimum absolute atomic E-state index is 0.00565. The highest BCUT2D eigenvalue weighted by molar-refractivity contribution is 6.79. The van der Waals surface area contributed by atoms with Crippen molar-refractivity contribution in [1.29, 1.82) is 0 Å². The van der Waals surface area contributed by atoms with Crippen LogP contribution in [-0.4, -0.2) is 36.8 Å². The Morgan fingerprint density at radius 3 is 1.71 bits per heavy atom. The molecule has 2 saturated carbocycles. The fourth-order valence-corrected chi connectivity index (χ4v) is 14.6. The summed E-state index contributed by atoms with van der Waals surface area (Å²) in [6, 6.07) is 0. The molecule has 2 aliphatic carbocycles. The largest absolute Gasteiger partial charge is 0.518 e. The van der Waals surface area contributed by atoms with Crippen molar-refractivity contribution in [2.75, 3.05) is 13.2 Å². The van der Waals surface area contributed by atoms with E-state index in [0.29, 0.717) is 36.3 Å². The molecule has 2 rings (SSSR count). The zero-order valence-corrected chi connectivity index (χ0v) is 23.3. The highest BCUT2D eigenvalue weighted by atomic mass is 28.4. The molecule has 0 aliphatic heterocycles. The first kappa shape index (κ1) is 27.1. The molecule has 0 heterocycles. The van der Waals surface area contributed by atoms with Gasteiger partial charge in [0, 0.05) is 13.2 Å². The highest BCUT2D eigenvalue weighted by Crippen LogP contribution is 2.55. The van der Waals surface area contributed by atoms with E-state index >= 15 is 0 Å². The highest BCUT2D eigenvalue weighted by Gasteiger charge is 2.58. The van der Waals surface area contributed by atoms with E-state index in [1.807, 2.05) is 20.8 Å². The smallest absolute Gasteiger partial charge is 0.402 e. The Morgan fingerprint density at radius 2 is 1.35 bits per heavy atom. The molecule has 0 bridgehead atoms. The standard InChI is InChI=1S/C25H49O4Si2/c1-7-21(5)31(22-17-13-11-14-18-22,23-19-15-12-16-20-23)29-24(26)25(6,8-2)30(27-9-3)28-10-4/h21-23H,7-20H2,1-6H3. The summed E-state index contributed by atoms with van der Waals surface area (Å²) in [5.74, 6) is -0.00565. The van der Waals surface area contributed by atoms with Gasteiger partial charge >= 0.3 is 9.28 Å². The van der Waals surface area contributed by atoms with Gasteiger partial charge < -0.3 is 13.3 Å². The summed E-state index contributed by atoms with van der Waals surface area (Å²) in [5, 5.41) is -0.661. The lowest BCUT2D eigenvalue weighted by atomic mass is 9.99. The summed E-state index contributed by atoms with van der Waals surface area (Å²) in [4.78, 5) is 14.1. The molecule has 181 valence electrons. The zero-order valence-electron chi connectivity index (χ0n) is 21.3. The summed E-state index contributed by atoms with van der Waals surface area (Å²) in [7, 11) is -4.07. The van der Waals surface area contributed by atoms with Gasteiger partial charge in [0.15, 0.2) is 0 Å². The molecule has 2 unspecified atom stereocenters. The topological polar surface area (TPSA) is 44.8 Å². The van der Waals surface area contributed by atoms with Crippen LogP contribution in [0, 0.1) is 0 Å². The third-order valence-electron chi connectivity index (χ3n) is 8.30. The van der Waals surface area contributed by atoms with Gasteiger partial charge in [0.05, 0.1) is 0 Å². The van der Waals surface area contributed by atoms with Crippen LogP contribution in [-0.2, 0) is 18.1 Å². The second kappa shape index (κ2) is 12.9. The van der Waals surface area contributed by atoms with Crippen molar-refractivity contribution in [1.82, 2.24) is 0 Å². The predicted molar refractivity (Wildman–Crippen MR) is 133 cm³/mol. The molecule has 1 radical (unpaired) electrons. The van der Waals surface area contributed by atoms with Gasteiger partial charge in [-0.3, -0.25) is 4.79 Å². The Kier molecular flexibility index (Phi) is 11.3. The molecule has 0 saturated heterocycles. The van der Waals surface area contributed by atoms with E-state index in [-0.39, 0.29) is 5.97 Å². The Labute approximate surface area is 195 Å². The van der Waals surface area contributed by atoms with Crippen molar-refractivity contribution in [3.63, 3.8) is 0 Å². The number of rotatable bonds is 12. The molecular formula is C25H49O4Si2. The van der Waals surface area contributed by atoms with Crippen LogP contribution in [0.25, 0.3) is 0 Å². The van der Waals surface area contributed by atoms with E-state index in [0.717, 1.165) is 6.42 Å². The lowest BCUT2D eigenvalue weighted by Gasteiger charge is -2.50. The Hall–Kier alpha value is -0.176. The molecule has 2 aliphatic rings. The van der Waals surface area contributed by atoms with Gasteiger partial charge in [-0.1, -0.05) is 65.7 Å². The van der Waals surface area contributed by atoms with Crippen molar-refractivity contribution in [2.45, 2.75) is 140 Å². The van der Waals surface area contributed by atoms with Gasteiger partial charge in [0.25, 0.3) is 14.3 Å². The third kappa shape index (κ3) is 6.04. The fourth-order valence-electron chi connectivity index (χ4n) is 6.10. The van der Waals surface area contributed by atoms with Crippen LogP contribution >= 0.6 is 0 Å². The van der Waals surface area contributed by atoms with E-state index in [1.165, 1.54) is 64.2 Å². The number of hydrogen-bond donors (Lipinski definition) is 0. The van der Waals surface area contributed by atoms with Crippen molar-refractivity contribution in [2.24, 2.45) is 0 Å². The number of carbonyl (C=O) groups is 1.